The normalized spacial score (nSPS) is 10.6. The average molecular weight is 299 g/mol. The molecule has 0 spiro atoms. The van der Waals surface area contributed by atoms with E-state index in [1.54, 1.807) is 0 Å². The Bertz CT molecular complexity index is 630. The van der Waals surface area contributed by atoms with E-state index in [2.05, 4.69) is 9.36 Å². The summed E-state index contributed by atoms with van der Waals surface area (Å²) >= 11 is 2.29. The van der Waals surface area contributed by atoms with Crippen LogP contribution in [0.5, 0.6) is 0 Å². The third-order valence-corrected chi connectivity index (χ3v) is 4.18. The van der Waals surface area contributed by atoms with Crippen LogP contribution in [-0.4, -0.2) is 20.4 Å². The summed E-state index contributed by atoms with van der Waals surface area (Å²) in [4.78, 5) is 15.7. The summed E-state index contributed by atoms with van der Waals surface area (Å²) in [5.41, 5.74) is 4.87. The molecule has 100 valence electrons. The second kappa shape index (κ2) is 5.54. The molecule has 8 heteroatoms. The number of halogens is 1. The zero-order valence-electron chi connectivity index (χ0n) is 9.88. The molecule has 0 radical (unpaired) electrons. The van der Waals surface area contributed by atoms with Crippen molar-refractivity contribution in [2.45, 2.75) is 22.6 Å². The summed E-state index contributed by atoms with van der Waals surface area (Å²) in [6.45, 7) is 1.93. The number of carbonyl (C=O) groups is 1. The van der Waals surface area contributed by atoms with Gasteiger partial charge in [0.05, 0.1) is 11.3 Å². The van der Waals surface area contributed by atoms with Crippen LogP contribution in [0.25, 0.3) is 0 Å². The van der Waals surface area contributed by atoms with Crippen molar-refractivity contribution in [3.8, 4) is 0 Å². The predicted octanol–water partition coefficient (Wildman–Crippen LogP) is 2.67. The third kappa shape index (κ3) is 2.85. The zero-order valence-corrected chi connectivity index (χ0v) is 11.5. The molecule has 3 N–H and O–H groups in total. The molecule has 0 atom stereocenters. The van der Waals surface area contributed by atoms with Gasteiger partial charge in [-0.15, -0.1) is 0 Å². The Balaban J connectivity index is 2.39. The summed E-state index contributed by atoms with van der Waals surface area (Å²) < 4.78 is 18.0. The van der Waals surface area contributed by atoms with Gasteiger partial charge < -0.3 is 10.8 Å². The Kier molecular flexibility index (Phi) is 4.01. The van der Waals surface area contributed by atoms with Gasteiger partial charge in [-0.2, -0.15) is 4.37 Å². The molecule has 0 aliphatic heterocycles. The Morgan fingerprint density at radius 1 is 1.58 bits per heavy atom. The van der Waals surface area contributed by atoms with Crippen molar-refractivity contribution in [3.63, 3.8) is 0 Å². The van der Waals surface area contributed by atoms with Gasteiger partial charge in [0.2, 0.25) is 0 Å². The van der Waals surface area contributed by atoms with E-state index in [0.29, 0.717) is 21.5 Å². The summed E-state index contributed by atoms with van der Waals surface area (Å²) in [6.07, 6.45) is 0.703. The number of rotatable bonds is 4. The van der Waals surface area contributed by atoms with Crippen molar-refractivity contribution in [2.75, 3.05) is 5.73 Å². The van der Waals surface area contributed by atoms with E-state index in [9.17, 15) is 9.18 Å². The fourth-order valence-electron chi connectivity index (χ4n) is 1.40. The van der Waals surface area contributed by atoms with Crippen LogP contribution >= 0.6 is 23.3 Å². The van der Waals surface area contributed by atoms with Gasteiger partial charge in [-0.25, -0.2) is 14.2 Å². The van der Waals surface area contributed by atoms with Crippen LogP contribution in [0, 0.1) is 5.82 Å². The van der Waals surface area contributed by atoms with Gasteiger partial charge in [0.1, 0.15) is 11.6 Å². The first-order valence-corrected chi connectivity index (χ1v) is 6.93. The monoisotopic (exact) mass is 299 g/mol. The Labute approximate surface area is 116 Å². The van der Waals surface area contributed by atoms with E-state index >= 15 is 0 Å². The molecule has 2 rings (SSSR count). The first kappa shape index (κ1) is 13.8. The van der Waals surface area contributed by atoms with Gasteiger partial charge in [-0.1, -0.05) is 18.7 Å². The van der Waals surface area contributed by atoms with E-state index in [1.807, 2.05) is 6.92 Å². The van der Waals surface area contributed by atoms with Crippen LogP contribution in [0.1, 0.15) is 23.1 Å². The van der Waals surface area contributed by atoms with E-state index in [-0.39, 0.29) is 11.3 Å². The standard InChI is InChI=1S/C11H10FN3O2S2/c1-2-7-14-11(19-15-7)18-6-4-3-5(12)9(13)8(6)10(16)17/h3-4H,2,13H2,1H3,(H,16,17). The molecule has 0 unspecified atom stereocenters. The number of carboxylic acids is 1. The Morgan fingerprint density at radius 2 is 2.32 bits per heavy atom. The van der Waals surface area contributed by atoms with Crippen molar-refractivity contribution in [3.05, 3.63) is 29.3 Å². The summed E-state index contributed by atoms with van der Waals surface area (Å²) in [7, 11) is 0. The van der Waals surface area contributed by atoms with Gasteiger partial charge in [0.25, 0.3) is 0 Å². The minimum absolute atomic E-state index is 0.238. The number of benzene rings is 1. The number of nitrogens with two attached hydrogens (primary N) is 1. The minimum atomic E-state index is -1.26. The topological polar surface area (TPSA) is 89.1 Å². The lowest BCUT2D eigenvalue weighted by molar-refractivity contribution is 0.0694. The molecule has 5 nitrogen and oxygen atoms in total. The van der Waals surface area contributed by atoms with Crippen molar-refractivity contribution >= 4 is 35.0 Å². The van der Waals surface area contributed by atoms with E-state index in [0.717, 1.165) is 17.8 Å². The molecule has 0 aliphatic rings. The quantitative estimate of drug-likeness (QED) is 0.844. The lowest BCUT2D eigenvalue weighted by Gasteiger charge is -2.07. The number of anilines is 1. The van der Waals surface area contributed by atoms with Crippen molar-refractivity contribution in [1.82, 2.24) is 9.36 Å². The second-order valence-corrected chi connectivity index (χ2v) is 5.61. The number of aromatic nitrogens is 2. The maximum absolute atomic E-state index is 13.3. The molecule has 0 saturated carbocycles. The highest BCUT2D eigenvalue weighted by molar-refractivity contribution is 8.01. The van der Waals surface area contributed by atoms with Gasteiger partial charge in [0, 0.05) is 11.3 Å². The van der Waals surface area contributed by atoms with E-state index in [4.69, 9.17) is 10.8 Å². The average Bonchev–Trinajstić information content (AvgIpc) is 2.81. The maximum Gasteiger partial charge on any atom is 0.339 e. The van der Waals surface area contributed by atoms with Crippen molar-refractivity contribution < 1.29 is 14.3 Å². The molecule has 1 heterocycles. The van der Waals surface area contributed by atoms with Gasteiger partial charge >= 0.3 is 5.97 Å². The van der Waals surface area contributed by atoms with Crippen LogP contribution in [0.15, 0.2) is 21.4 Å². The molecule has 0 aliphatic carbocycles. The van der Waals surface area contributed by atoms with Crippen LogP contribution in [0.4, 0.5) is 10.1 Å². The number of aromatic carboxylic acids is 1. The fourth-order valence-corrected chi connectivity index (χ4v) is 3.20. The van der Waals surface area contributed by atoms with Gasteiger partial charge in [-0.3, -0.25) is 0 Å². The van der Waals surface area contributed by atoms with E-state index in [1.165, 1.54) is 17.6 Å². The second-order valence-electron chi connectivity index (χ2n) is 3.57. The molecular weight excluding hydrogens is 289 g/mol. The molecule has 1 aromatic heterocycles. The molecule has 1 aromatic carbocycles. The first-order chi connectivity index (χ1) is 9.02. The molecule has 19 heavy (non-hydrogen) atoms. The lowest BCUT2D eigenvalue weighted by Crippen LogP contribution is -2.06. The Hall–Kier alpha value is -1.67. The SMILES string of the molecule is CCc1nsc(Sc2ccc(F)c(N)c2C(=O)O)n1. The smallest absolute Gasteiger partial charge is 0.339 e. The van der Waals surface area contributed by atoms with E-state index < -0.39 is 11.8 Å². The van der Waals surface area contributed by atoms with Gasteiger partial charge in [-0.05, 0) is 23.7 Å². The number of nitrogen functional groups attached to an aromatic ring is 1. The number of hydrogen-bond acceptors (Lipinski definition) is 6. The fraction of sp³-hybridized carbons (Fsp3) is 0.182. The maximum atomic E-state index is 13.3. The highest BCUT2D eigenvalue weighted by Crippen LogP contribution is 2.35. The summed E-state index contributed by atoms with van der Waals surface area (Å²) in [6, 6.07) is 2.53. The molecule has 0 fully saturated rings. The third-order valence-electron chi connectivity index (χ3n) is 2.33. The number of carboxylic acid groups (broad SMARTS) is 1. The molecule has 0 amide bonds. The largest absolute Gasteiger partial charge is 0.478 e. The predicted molar refractivity (Wildman–Crippen MR) is 71.2 cm³/mol. The van der Waals surface area contributed by atoms with Crippen LogP contribution in [0.3, 0.4) is 0 Å². The summed E-state index contributed by atoms with van der Waals surface area (Å²) in [5.74, 6) is -1.31. The lowest BCUT2D eigenvalue weighted by atomic mass is 10.2. The van der Waals surface area contributed by atoms with Gasteiger partial charge in [0.15, 0.2) is 4.34 Å². The van der Waals surface area contributed by atoms with Crippen molar-refractivity contribution in [1.29, 1.82) is 0 Å². The van der Waals surface area contributed by atoms with Crippen LogP contribution < -0.4 is 5.73 Å². The highest BCUT2D eigenvalue weighted by Gasteiger charge is 2.19. The summed E-state index contributed by atoms with van der Waals surface area (Å²) in [5, 5.41) is 9.11. The number of nitrogens with zero attached hydrogens (tertiary/aromatic N) is 2. The zero-order chi connectivity index (χ0) is 14.0. The van der Waals surface area contributed by atoms with Crippen LogP contribution in [0.2, 0.25) is 0 Å². The molecule has 0 saturated heterocycles. The molecule has 2 aromatic rings. The Morgan fingerprint density at radius 3 is 2.89 bits per heavy atom. The number of aryl methyl sites for hydroxylation is 1. The molecule has 0 bridgehead atoms. The van der Waals surface area contributed by atoms with Crippen LogP contribution in [-0.2, 0) is 6.42 Å². The number of hydrogen-bond donors (Lipinski definition) is 2. The highest BCUT2D eigenvalue weighted by atomic mass is 32.2. The first-order valence-electron chi connectivity index (χ1n) is 5.34. The minimum Gasteiger partial charge on any atom is -0.478 e. The van der Waals surface area contributed by atoms with Crippen molar-refractivity contribution in [2.24, 2.45) is 0 Å². The molecular formula is C11H10FN3O2S2.